The zero-order valence-electron chi connectivity index (χ0n) is 13.7. The maximum atomic E-state index is 12.2. The summed E-state index contributed by atoms with van der Waals surface area (Å²) in [6.07, 6.45) is 2.14. The fourth-order valence-electron chi connectivity index (χ4n) is 2.31. The van der Waals surface area contributed by atoms with Crippen LogP contribution in [-0.4, -0.2) is 26.7 Å². The maximum Gasteiger partial charge on any atom is 0.240 e. The van der Waals surface area contributed by atoms with Crippen molar-refractivity contribution >= 4 is 15.7 Å². The number of aliphatic hydroxyl groups excluding tert-OH is 1. The highest BCUT2D eigenvalue weighted by molar-refractivity contribution is 7.89. The molecular weight excluding hydrogens is 340 g/mol. The Morgan fingerprint density at radius 1 is 1.00 bits per heavy atom. The first-order chi connectivity index (χ1) is 12.0. The first kappa shape index (κ1) is 19.0. The molecule has 0 unspecified atom stereocenters. The predicted molar refractivity (Wildman–Crippen MR) is 96.0 cm³/mol. The molecule has 7 nitrogen and oxygen atoms in total. The fourth-order valence-corrected chi connectivity index (χ4v) is 3.34. The number of benzene rings is 2. The van der Waals surface area contributed by atoms with Crippen LogP contribution in [0.15, 0.2) is 58.5 Å². The van der Waals surface area contributed by atoms with Gasteiger partial charge >= 0.3 is 0 Å². The zero-order chi connectivity index (χ0) is 18.1. The fraction of sp³-hybridized carbons (Fsp3) is 0.294. The number of aliphatic hydroxyl groups is 1. The summed E-state index contributed by atoms with van der Waals surface area (Å²) in [6, 6.07) is 13.6. The van der Waals surface area contributed by atoms with Crippen LogP contribution in [0.2, 0.25) is 0 Å². The van der Waals surface area contributed by atoms with E-state index in [-0.39, 0.29) is 18.0 Å². The van der Waals surface area contributed by atoms with Crippen molar-refractivity contribution in [2.45, 2.75) is 24.2 Å². The molecule has 132 valence electrons. The monoisotopic (exact) mass is 360 g/mol. The number of sulfonamides is 1. The molecule has 0 aliphatic carbocycles. The molecule has 25 heavy (non-hydrogen) atoms. The second-order valence-electron chi connectivity index (χ2n) is 5.47. The third kappa shape index (κ3) is 5.88. The molecule has 0 spiro atoms. The normalized spacial score (nSPS) is 11.1. The van der Waals surface area contributed by atoms with Gasteiger partial charge in [0.15, 0.2) is 0 Å². The molecule has 8 heteroatoms. The Morgan fingerprint density at radius 2 is 1.60 bits per heavy atom. The highest BCUT2D eigenvalue weighted by Gasteiger charge is 2.12. The van der Waals surface area contributed by atoms with Crippen LogP contribution in [0.1, 0.15) is 17.5 Å². The van der Waals surface area contributed by atoms with E-state index in [0.717, 1.165) is 24.0 Å². The summed E-state index contributed by atoms with van der Waals surface area (Å²) in [6.45, 7) is 0.462. The second kappa shape index (κ2) is 9.19. The SMILES string of the molecule is [N-]=[N+]=Nc1ccc(S(=O)(=O)NCCc2ccc(CCCO)cc2)cc1. The summed E-state index contributed by atoms with van der Waals surface area (Å²) in [7, 11) is -3.59. The number of hydrogen-bond acceptors (Lipinski definition) is 4. The minimum absolute atomic E-state index is 0.128. The van der Waals surface area contributed by atoms with Crippen molar-refractivity contribution in [2.24, 2.45) is 5.11 Å². The van der Waals surface area contributed by atoms with Crippen molar-refractivity contribution in [2.75, 3.05) is 13.2 Å². The Hall–Kier alpha value is -2.38. The van der Waals surface area contributed by atoms with Gasteiger partial charge in [0, 0.05) is 23.8 Å². The smallest absolute Gasteiger partial charge is 0.240 e. The number of nitrogens with one attached hydrogen (secondary N) is 1. The van der Waals surface area contributed by atoms with Crippen LogP contribution in [0.4, 0.5) is 5.69 Å². The lowest BCUT2D eigenvalue weighted by atomic mass is 10.1. The van der Waals surface area contributed by atoms with Crippen LogP contribution in [0.3, 0.4) is 0 Å². The number of nitrogens with zero attached hydrogens (tertiary/aromatic N) is 3. The molecule has 0 saturated carbocycles. The highest BCUT2D eigenvalue weighted by Crippen LogP contribution is 2.16. The van der Waals surface area contributed by atoms with Gasteiger partial charge in [-0.15, -0.1) is 0 Å². The van der Waals surface area contributed by atoms with Crippen molar-refractivity contribution in [3.05, 3.63) is 70.1 Å². The molecule has 0 saturated heterocycles. The van der Waals surface area contributed by atoms with E-state index in [9.17, 15) is 8.42 Å². The summed E-state index contributed by atoms with van der Waals surface area (Å²) in [5, 5.41) is 12.2. The van der Waals surface area contributed by atoms with Crippen LogP contribution in [-0.2, 0) is 22.9 Å². The second-order valence-corrected chi connectivity index (χ2v) is 7.24. The standard InChI is InChI=1S/C17H20N4O3S/c18-21-20-16-7-9-17(10-8-16)25(23,24)19-12-11-15-5-3-14(4-6-15)2-1-13-22/h3-10,19,22H,1-2,11-13H2. The van der Waals surface area contributed by atoms with Gasteiger partial charge in [-0.25, -0.2) is 13.1 Å². The Bertz CT molecular complexity index is 827. The molecule has 0 fully saturated rings. The number of hydrogen-bond donors (Lipinski definition) is 2. The van der Waals surface area contributed by atoms with Gasteiger partial charge in [-0.05, 0) is 48.1 Å². The van der Waals surface area contributed by atoms with Crippen LogP contribution < -0.4 is 4.72 Å². The van der Waals surface area contributed by atoms with E-state index in [2.05, 4.69) is 14.7 Å². The van der Waals surface area contributed by atoms with Crippen molar-refractivity contribution in [1.82, 2.24) is 4.72 Å². The van der Waals surface area contributed by atoms with E-state index in [1.807, 2.05) is 24.3 Å². The molecule has 0 bridgehead atoms. The Morgan fingerprint density at radius 3 is 2.16 bits per heavy atom. The van der Waals surface area contributed by atoms with E-state index >= 15 is 0 Å². The number of aryl methyl sites for hydroxylation is 1. The Labute approximate surface area is 147 Å². The van der Waals surface area contributed by atoms with Crippen LogP contribution in [0, 0.1) is 0 Å². The molecule has 2 N–H and O–H groups in total. The minimum atomic E-state index is -3.59. The number of azide groups is 1. The summed E-state index contributed by atoms with van der Waals surface area (Å²) in [5.41, 5.74) is 10.9. The molecule has 0 atom stereocenters. The van der Waals surface area contributed by atoms with E-state index in [1.54, 1.807) is 0 Å². The summed E-state index contributed by atoms with van der Waals surface area (Å²) < 4.78 is 27.0. The van der Waals surface area contributed by atoms with Crippen molar-refractivity contribution in [3.8, 4) is 0 Å². The van der Waals surface area contributed by atoms with Crippen LogP contribution >= 0.6 is 0 Å². The minimum Gasteiger partial charge on any atom is -0.396 e. The first-order valence-corrected chi connectivity index (χ1v) is 9.37. The average Bonchev–Trinajstić information content (AvgIpc) is 2.62. The van der Waals surface area contributed by atoms with Crippen molar-refractivity contribution in [3.63, 3.8) is 0 Å². The maximum absolute atomic E-state index is 12.2. The molecular formula is C17H20N4O3S. The quantitative estimate of drug-likeness (QED) is 0.407. The van der Waals surface area contributed by atoms with Gasteiger partial charge < -0.3 is 5.11 Å². The topological polar surface area (TPSA) is 115 Å². The molecule has 0 amide bonds. The van der Waals surface area contributed by atoms with Gasteiger partial charge in [-0.3, -0.25) is 0 Å². The number of rotatable bonds is 9. The van der Waals surface area contributed by atoms with Gasteiger partial charge in [0.25, 0.3) is 0 Å². The molecule has 0 aliphatic heterocycles. The van der Waals surface area contributed by atoms with Crippen molar-refractivity contribution in [1.29, 1.82) is 0 Å². The Kier molecular flexibility index (Phi) is 6.97. The predicted octanol–water partition coefficient (Wildman–Crippen LogP) is 3.07. The van der Waals surface area contributed by atoms with Gasteiger partial charge in [0.1, 0.15) is 0 Å². The third-order valence-electron chi connectivity index (χ3n) is 3.66. The van der Waals surface area contributed by atoms with Crippen molar-refractivity contribution < 1.29 is 13.5 Å². The van der Waals surface area contributed by atoms with Crippen LogP contribution in [0.5, 0.6) is 0 Å². The molecule has 0 aromatic heterocycles. The molecule has 2 rings (SSSR count). The zero-order valence-corrected chi connectivity index (χ0v) is 14.5. The van der Waals surface area contributed by atoms with E-state index in [1.165, 1.54) is 24.3 Å². The van der Waals surface area contributed by atoms with Gasteiger partial charge in [0.05, 0.1) is 4.90 Å². The molecule has 0 aliphatic rings. The molecule has 0 radical (unpaired) electrons. The summed E-state index contributed by atoms with van der Waals surface area (Å²) in [5.74, 6) is 0. The Balaban J connectivity index is 1.90. The van der Waals surface area contributed by atoms with Gasteiger partial charge in [-0.2, -0.15) is 0 Å². The lowest BCUT2D eigenvalue weighted by Crippen LogP contribution is -2.25. The molecule has 2 aromatic carbocycles. The van der Waals surface area contributed by atoms with E-state index in [0.29, 0.717) is 12.1 Å². The molecule has 0 heterocycles. The summed E-state index contributed by atoms with van der Waals surface area (Å²) in [4.78, 5) is 2.78. The van der Waals surface area contributed by atoms with Crippen LogP contribution in [0.25, 0.3) is 10.4 Å². The largest absolute Gasteiger partial charge is 0.396 e. The summed E-state index contributed by atoms with van der Waals surface area (Å²) >= 11 is 0. The lowest BCUT2D eigenvalue weighted by molar-refractivity contribution is 0.288. The third-order valence-corrected chi connectivity index (χ3v) is 5.14. The first-order valence-electron chi connectivity index (χ1n) is 7.88. The lowest BCUT2D eigenvalue weighted by Gasteiger charge is -2.08. The highest BCUT2D eigenvalue weighted by atomic mass is 32.2. The van der Waals surface area contributed by atoms with Gasteiger partial charge in [0.2, 0.25) is 10.0 Å². The molecule has 2 aromatic rings. The van der Waals surface area contributed by atoms with E-state index in [4.69, 9.17) is 10.6 Å². The van der Waals surface area contributed by atoms with Gasteiger partial charge in [-0.1, -0.05) is 41.5 Å². The average molecular weight is 360 g/mol. The van der Waals surface area contributed by atoms with E-state index < -0.39 is 10.0 Å².